The fraction of sp³-hybridized carbons (Fsp3) is 0. The summed E-state index contributed by atoms with van der Waals surface area (Å²) in [5.41, 5.74) is 9.66. The molecule has 178 valence electrons. The van der Waals surface area contributed by atoms with Crippen LogP contribution < -0.4 is 0 Å². The molecule has 0 aliphatic carbocycles. The van der Waals surface area contributed by atoms with Gasteiger partial charge in [0.25, 0.3) is 0 Å². The second kappa shape index (κ2) is 8.22. The van der Waals surface area contributed by atoms with E-state index in [0.29, 0.717) is 0 Å². The lowest BCUT2D eigenvalue weighted by atomic mass is 10.0. The molecule has 8 rings (SSSR count). The molecule has 0 radical (unpaired) electrons. The standard InChI is InChI=1S/C36H24N2/c1-2-12-27(13-3-1)37-33-18-7-6-17-31(33)32-22-21-26(24-36(32)37)25-11-10-14-28(23-25)38-34-19-8-4-15-29(34)30-16-5-9-20-35(30)38/h1-24H. The van der Waals surface area contributed by atoms with Gasteiger partial charge >= 0.3 is 0 Å². The minimum absolute atomic E-state index is 1.17. The predicted octanol–water partition coefficient (Wildman–Crippen LogP) is 9.55. The van der Waals surface area contributed by atoms with Crippen LogP contribution in [-0.4, -0.2) is 9.13 Å². The van der Waals surface area contributed by atoms with Gasteiger partial charge in [-0.2, -0.15) is 0 Å². The van der Waals surface area contributed by atoms with Crippen molar-refractivity contribution in [2.75, 3.05) is 0 Å². The number of nitrogens with zero attached hydrogens (tertiary/aromatic N) is 2. The van der Waals surface area contributed by atoms with E-state index >= 15 is 0 Å². The van der Waals surface area contributed by atoms with E-state index in [2.05, 4.69) is 155 Å². The maximum absolute atomic E-state index is 2.38. The highest BCUT2D eigenvalue weighted by Gasteiger charge is 2.15. The summed E-state index contributed by atoms with van der Waals surface area (Å²) in [5, 5.41) is 5.10. The third kappa shape index (κ3) is 3.07. The predicted molar refractivity (Wildman–Crippen MR) is 161 cm³/mol. The van der Waals surface area contributed by atoms with Gasteiger partial charge in [0.15, 0.2) is 0 Å². The fourth-order valence-corrected chi connectivity index (χ4v) is 6.03. The minimum Gasteiger partial charge on any atom is -0.309 e. The highest BCUT2D eigenvalue weighted by Crippen LogP contribution is 2.36. The highest BCUT2D eigenvalue weighted by atomic mass is 15.0. The molecule has 0 atom stereocenters. The second-order valence-electron chi connectivity index (χ2n) is 9.84. The quantitative estimate of drug-likeness (QED) is 0.236. The molecule has 0 aliphatic rings. The molecule has 0 spiro atoms. The van der Waals surface area contributed by atoms with Gasteiger partial charge < -0.3 is 9.13 Å². The summed E-state index contributed by atoms with van der Waals surface area (Å²) in [6.07, 6.45) is 0. The lowest BCUT2D eigenvalue weighted by molar-refractivity contribution is 1.18. The van der Waals surface area contributed by atoms with E-state index in [4.69, 9.17) is 0 Å². The summed E-state index contributed by atoms with van der Waals surface area (Å²) in [5.74, 6) is 0. The average molecular weight is 485 g/mol. The average Bonchev–Trinajstić information content (AvgIpc) is 3.50. The van der Waals surface area contributed by atoms with Crippen LogP contribution in [-0.2, 0) is 0 Å². The lowest BCUT2D eigenvalue weighted by Crippen LogP contribution is -1.95. The Labute approximate surface area is 220 Å². The van der Waals surface area contributed by atoms with Gasteiger partial charge in [0.1, 0.15) is 0 Å². The number of benzene rings is 6. The van der Waals surface area contributed by atoms with Gasteiger partial charge in [-0.25, -0.2) is 0 Å². The van der Waals surface area contributed by atoms with Crippen LogP contribution >= 0.6 is 0 Å². The molecule has 38 heavy (non-hydrogen) atoms. The van der Waals surface area contributed by atoms with E-state index in [1.54, 1.807) is 0 Å². The molecule has 2 heterocycles. The van der Waals surface area contributed by atoms with Crippen molar-refractivity contribution in [3.8, 4) is 22.5 Å². The van der Waals surface area contributed by atoms with Crippen molar-refractivity contribution in [2.45, 2.75) is 0 Å². The van der Waals surface area contributed by atoms with Crippen LogP contribution in [0, 0.1) is 0 Å². The van der Waals surface area contributed by atoms with Crippen LogP contribution in [0.2, 0.25) is 0 Å². The van der Waals surface area contributed by atoms with E-state index in [9.17, 15) is 0 Å². The Kier molecular flexibility index (Phi) is 4.55. The summed E-state index contributed by atoms with van der Waals surface area (Å²) in [6, 6.07) is 52.5. The molecule has 2 nitrogen and oxygen atoms in total. The lowest BCUT2D eigenvalue weighted by Gasteiger charge is -2.11. The summed E-state index contributed by atoms with van der Waals surface area (Å²) in [6.45, 7) is 0. The Morgan fingerprint density at radius 2 is 0.763 bits per heavy atom. The molecular formula is C36H24N2. The molecule has 0 bridgehead atoms. The van der Waals surface area contributed by atoms with E-state index < -0.39 is 0 Å². The van der Waals surface area contributed by atoms with E-state index in [1.165, 1.54) is 66.1 Å². The molecule has 6 aromatic carbocycles. The van der Waals surface area contributed by atoms with Gasteiger partial charge in [-0.1, -0.05) is 97.1 Å². The molecule has 8 aromatic rings. The molecule has 0 unspecified atom stereocenters. The normalized spacial score (nSPS) is 11.7. The van der Waals surface area contributed by atoms with Crippen molar-refractivity contribution >= 4 is 43.6 Å². The number of hydrogen-bond acceptors (Lipinski definition) is 0. The third-order valence-electron chi connectivity index (χ3n) is 7.71. The summed E-state index contributed by atoms with van der Waals surface area (Å²) >= 11 is 0. The molecule has 2 heteroatoms. The number of rotatable bonds is 3. The van der Waals surface area contributed by atoms with E-state index in [0.717, 1.165) is 0 Å². The van der Waals surface area contributed by atoms with Gasteiger partial charge in [-0.15, -0.1) is 0 Å². The monoisotopic (exact) mass is 484 g/mol. The molecule has 0 saturated carbocycles. The molecule has 0 fully saturated rings. The molecule has 0 amide bonds. The Morgan fingerprint density at radius 1 is 0.289 bits per heavy atom. The Hall–Kier alpha value is -5.08. The minimum atomic E-state index is 1.17. The first-order valence-corrected chi connectivity index (χ1v) is 13.0. The second-order valence-corrected chi connectivity index (χ2v) is 9.84. The van der Waals surface area contributed by atoms with E-state index in [1.807, 2.05) is 0 Å². The smallest absolute Gasteiger partial charge is 0.0547 e. The van der Waals surface area contributed by atoms with Crippen molar-refractivity contribution in [3.63, 3.8) is 0 Å². The first-order valence-electron chi connectivity index (χ1n) is 13.0. The summed E-state index contributed by atoms with van der Waals surface area (Å²) in [4.78, 5) is 0. The maximum atomic E-state index is 2.38. The topological polar surface area (TPSA) is 9.86 Å². The SMILES string of the molecule is c1ccc(-n2c3ccccc3c3ccc(-c4cccc(-n5c6ccccc6c6ccccc65)c4)cc32)cc1. The summed E-state index contributed by atoms with van der Waals surface area (Å²) < 4.78 is 4.76. The van der Waals surface area contributed by atoms with Crippen LogP contribution in [0.5, 0.6) is 0 Å². The maximum Gasteiger partial charge on any atom is 0.0547 e. The van der Waals surface area contributed by atoms with E-state index in [-0.39, 0.29) is 0 Å². The zero-order valence-electron chi connectivity index (χ0n) is 20.8. The molecule has 0 saturated heterocycles. The molecular weight excluding hydrogens is 460 g/mol. The Balaban J connectivity index is 1.36. The van der Waals surface area contributed by atoms with Gasteiger partial charge in [-0.3, -0.25) is 0 Å². The van der Waals surface area contributed by atoms with Gasteiger partial charge in [0.2, 0.25) is 0 Å². The van der Waals surface area contributed by atoms with Gasteiger partial charge in [0, 0.05) is 32.9 Å². The zero-order valence-corrected chi connectivity index (χ0v) is 20.8. The number of para-hydroxylation sites is 4. The summed E-state index contributed by atoms with van der Waals surface area (Å²) in [7, 11) is 0. The highest BCUT2D eigenvalue weighted by molar-refractivity contribution is 6.11. The van der Waals surface area contributed by atoms with Gasteiger partial charge in [0.05, 0.1) is 22.1 Å². The van der Waals surface area contributed by atoms with Crippen LogP contribution in [0.3, 0.4) is 0 Å². The molecule has 0 N–H and O–H groups in total. The Morgan fingerprint density at radius 3 is 1.39 bits per heavy atom. The molecule has 0 aliphatic heterocycles. The fourth-order valence-electron chi connectivity index (χ4n) is 6.03. The van der Waals surface area contributed by atoms with Crippen molar-refractivity contribution < 1.29 is 0 Å². The molecule has 2 aromatic heterocycles. The van der Waals surface area contributed by atoms with Crippen molar-refractivity contribution in [3.05, 3.63) is 146 Å². The van der Waals surface area contributed by atoms with Crippen LogP contribution in [0.15, 0.2) is 146 Å². The van der Waals surface area contributed by atoms with Gasteiger partial charge in [-0.05, 0) is 59.7 Å². The number of fused-ring (bicyclic) bond motifs is 6. The van der Waals surface area contributed by atoms with Crippen LogP contribution in [0.25, 0.3) is 66.1 Å². The zero-order chi connectivity index (χ0) is 25.1. The largest absolute Gasteiger partial charge is 0.309 e. The number of hydrogen-bond donors (Lipinski definition) is 0. The van der Waals surface area contributed by atoms with Crippen molar-refractivity contribution in [2.24, 2.45) is 0 Å². The van der Waals surface area contributed by atoms with Crippen molar-refractivity contribution in [1.29, 1.82) is 0 Å². The van der Waals surface area contributed by atoms with Crippen molar-refractivity contribution in [1.82, 2.24) is 9.13 Å². The van der Waals surface area contributed by atoms with Crippen LogP contribution in [0.4, 0.5) is 0 Å². The third-order valence-corrected chi connectivity index (χ3v) is 7.71. The van der Waals surface area contributed by atoms with Crippen LogP contribution in [0.1, 0.15) is 0 Å². The first kappa shape index (κ1) is 21.0. The first-order chi connectivity index (χ1) is 18.9. The Bertz CT molecular complexity index is 2070. The number of aromatic nitrogens is 2.